The van der Waals surface area contributed by atoms with Crippen LogP contribution < -0.4 is 0 Å². The van der Waals surface area contributed by atoms with Gasteiger partial charge < -0.3 is 14.9 Å². The minimum atomic E-state index is -0.452. The van der Waals surface area contributed by atoms with Crippen LogP contribution in [-0.2, 0) is 20.4 Å². The van der Waals surface area contributed by atoms with Gasteiger partial charge in [-0.25, -0.2) is 4.79 Å². The van der Waals surface area contributed by atoms with E-state index >= 15 is 0 Å². The van der Waals surface area contributed by atoms with Crippen LogP contribution in [0.15, 0.2) is 17.7 Å². The number of methoxy groups -OCH3 is 1. The SMILES string of the molecule is COC(=O)C(=Cc1cc(C(C)(C)C)c(O)c(C(C)(C)C)c1)CCO. The predicted octanol–water partition coefficient (Wildman–Crippen LogP) is 3.93. The van der Waals surface area contributed by atoms with E-state index in [2.05, 4.69) is 0 Å². The second kappa shape index (κ2) is 7.39. The molecule has 0 fully saturated rings. The van der Waals surface area contributed by atoms with E-state index in [1.807, 2.05) is 53.7 Å². The maximum atomic E-state index is 11.9. The van der Waals surface area contributed by atoms with Gasteiger partial charge in [-0.05, 0) is 34.6 Å². The fourth-order valence-corrected chi connectivity index (χ4v) is 2.57. The quantitative estimate of drug-likeness (QED) is 0.647. The summed E-state index contributed by atoms with van der Waals surface area (Å²) in [5.74, 6) is -0.152. The number of benzene rings is 1. The number of hydrogen-bond acceptors (Lipinski definition) is 4. The minimum Gasteiger partial charge on any atom is -0.507 e. The largest absolute Gasteiger partial charge is 0.507 e. The molecule has 1 aromatic rings. The second-order valence-electron chi connectivity index (χ2n) is 8.10. The van der Waals surface area contributed by atoms with Crippen LogP contribution >= 0.6 is 0 Å². The van der Waals surface area contributed by atoms with Crippen LogP contribution in [0.2, 0.25) is 0 Å². The van der Waals surface area contributed by atoms with Gasteiger partial charge >= 0.3 is 5.97 Å². The lowest BCUT2D eigenvalue weighted by molar-refractivity contribution is -0.136. The molecule has 0 aliphatic heterocycles. The van der Waals surface area contributed by atoms with Crippen LogP contribution in [0.4, 0.5) is 0 Å². The van der Waals surface area contributed by atoms with Crippen LogP contribution in [-0.4, -0.2) is 29.9 Å². The van der Waals surface area contributed by atoms with Crippen LogP contribution in [0.5, 0.6) is 5.75 Å². The van der Waals surface area contributed by atoms with Gasteiger partial charge in [-0.15, -0.1) is 0 Å². The van der Waals surface area contributed by atoms with Gasteiger partial charge in [-0.2, -0.15) is 0 Å². The van der Waals surface area contributed by atoms with Crippen molar-refractivity contribution in [1.29, 1.82) is 0 Å². The van der Waals surface area contributed by atoms with Crippen LogP contribution in [0, 0.1) is 0 Å². The summed E-state index contributed by atoms with van der Waals surface area (Å²) < 4.78 is 4.79. The van der Waals surface area contributed by atoms with E-state index in [4.69, 9.17) is 4.74 Å². The summed E-state index contributed by atoms with van der Waals surface area (Å²) in [4.78, 5) is 11.9. The Labute approximate surface area is 145 Å². The third-order valence-corrected chi connectivity index (χ3v) is 3.92. The smallest absolute Gasteiger partial charge is 0.333 e. The second-order valence-corrected chi connectivity index (χ2v) is 8.10. The summed E-state index contributed by atoms with van der Waals surface area (Å²) in [6.07, 6.45) is 1.95. The molecule has 0 saturated carbocycles. The fourth-order valence-electron chi connectivity index (χ4n) is 2.57. The van der Waals surface area contributed by atoms with Crippen molar-refractivity contribution in [3.05, 3.63) is 34.4 Å². The number of aromatic hydroxyl groups is 1. The molecular weight excluding hydrogens is 304 g/mol. The number of aliphatic hydroxyl groups excluding tert-OH is 1. The normalized spacial score (nSPS) is 13.1. The highest BCUT2D eigenvalue weighted by atomic mass is 16.5. The van der Waals surface area contributed by atoms with Gasteiger partial charge in [-0.1, -0.05) is 41.5 Å². The van der Waals surface area contributed by atoms with E-state index < -0.39 is 5.97 Å². The Bertz CT molecular complexity index is 593. The highest BCUT2D eigenvalue weighted by Crippen LogP contribution is 2.40. The molecular formula is C20H30O4. The summed E-state index contributed by atoms with van der Waals surface area (Å²) in [5, 5.41) is 19.9. The molecule has 0 aromatic heterocycles. The Morgan fingerprint density at radius 2 is 1.54 bits per heavy atom. The lowest BCUT2D eigenvalue weighted by atomic mass is 9.78. The molecule has 0 amide bonds. The molecule has 0 radical (unpaired) electrons. The van der Waals surface area contributed by atoms with E-state index in [9.17, 15) is 15.0 Å². The molecule has 0 unspecified atom stereocenters. The van der Waals surface area contributed by atoms with Crippen molar-refractivity contribution in [2.45, 2.75) is 58.8 Å². The Morgan fingerprint density at radius 1 is 1.08 bits per heavy atom. The molecule has 0 saturated heterocycles. The minimum absolute atomic E-state index is 0.128. The topological polar surface area (TPSA) is 66.8 Å². The van der Waals surface area contributed by atoms with Crippen molar-refractivity contribution < 1.29 is 19.7 Å². The van der Waals surface area contributed by atoms with Crippen molar-refractivity contribution in [3.63, 3.8) is 0 Å². The number of rotatable bonds is 4. The first kappa shape index (κ1) is 20.2. The molecule has 0 heterocycles. The van der Waals surface area contributed by atoms with Gasteiger partial charge in [0.1, 0.15) is 5.75 Å². The molecule has 0 atom stereocenters. The van der Waals surface area contributed by atoms with Crippen LogP contribution in [0.25, 0.3) is 6.08 Å². The molecule has 1 aromatic carbocycles. The van der Waals surface area contributed by atoms with Crippen LogP contribution in [0.3, 0.4) is 0 Å². The predicted molar refractivity (Wildman–Crippen MR) is 97.2 cm³/mol. The number of carbonyl (C=O) groups is 1. The van der Waals surface area contributed by atoms with Gasteiger partial charge in [-0.3, -0.25) is 0 Å². The van der Waals surface area contributed by atoms with E-state index in [1.165, 1.54) is 7.11 Å². The first-order valence-electron chi connectivity index (χ1n) is 8.19. The number of hydrogen-bond donors (Lipinski definition) is 2. The number of phenolic OH excluding ortho intramolecular Hbond substituents is 1. The van der Waals surface area contributed by atoms with Gasteiger partial charge in [0, 0.05) is 29.7 Å². The molecule has 2 N–H and O–H groups in total. The van der Waals surface area contributed by atoms with E-state index in [0.29, 0.717) is 11.3 Å². The number of phenols is 1. The maximum Gasteiger partial charge on any atom is 0.333 e. The van der Waals surface area contributed by atoms with Gasteiger partial charge in [0.25, 0.3) is 0 Å². The number of esters is 1. The highest BCUT2D eigenvalue weighted by molar-refractivity contribution is 5.93. The van der Waals surface area contributed by atoms with Crippen molar-refractivity contribution in [3.8, 4) is 5.75 Å². The molecule has 0 aliphatic rings. The average molecular weight is 334 g/mol. The molecule has 24 heavy (non-hydrogen) atoms. The Balaban J connectivity index is 3.62. The Hall–Kier alpha value is -1.81. The first-order valence-corrected chi connectivity index (χ1v) is 8.19. The molecule has 1 rings (SSSR count). The molecule has 0 bridgehead atoms. The van der Waals surface area contributed by atoms with Crippen molar-refractivity contribution in [1.82, 2.24) is 0 Å². The standard InChI is InChI=1S/C20H30O4/c1-19(2,3)15-11-13(10-14(8-9-21)18(23)24-7)12-16(17(15)22)20(4,5)6/h10-12,21-22H,8-9H2,1-7H3. The highest BCUT2D eigenvalue weighted by Gasteiger charge is 2.26. The number of carbonyl (C=O) groups excluding carboxylic acids is 1. The number of aliphatic hydroxyl groups is 1. The van der Waals surface area contributed by atoms with Crippen molar-refractivity contribution >= 4 is 12.0 Å². The lowest BCUT2D eigenvalue weighted by Gasteiger charge is -2.28. The van der Waals surface area contributed by atoms with Gasteiger partial charge in [0.2, 0.25) is 0 Å². The Kier molecular flexibility index (Phi) is 6.23. The number of ether oxygens (including phenoxy) is 1. The summed E-state index contributed by atoms with van der Waals surface area (Å²) in [6, 6.07) is 3.79. The maximum absolute atomic E-state index is 11.9. The zero-order chi connectivity index (χ0) is 18.7. The van der Waals surface area contributed by atoms with Crippen molar-refractivity contribution in [2.75, 3.05) is 13.7 Å². The first-order chi connectivity index (χ1) is 10.9. The summed E-state index contributed by atoms with van der Waals surface area (Å²) in [6.45, 7) is 12.1. The van der Waals surface area contributed by atoms with E-state index in [1.54, 1.807) is 6.08 Å². The summed E-state index contributed by atoms with van der Waals surface area (Å²) >= 11 is 0. The van der Waals surface area contributed by atoms with Gasteiger partial charge in [0.15, 0.2) is 0 Å². The molecule has 0 aliphatic carbocycles. The van der Waals surface area contributed by atoms with Gasteiger partial charge in [0.05, 0.1) is 7.11 Å². The fraction of sp³-hybridized carbons (Fsp3) is 0.550. The zero-order valence-electron chi connectivity index (χ0n) is 15.9. The molecule has 4 heteroatoms. The molecule has 4 nitrogen and oxygen atoms in total. The van der Waals surface area contributed by atoms with Crippen molar-refractivity contribution in [2.24, 2.45) is 0 Å². The summed E-state index contributed by atoms with van der Waals surface area (Å²) in [7, 11) is 1.32. The molecule has 0 spiro atoms. The summed E-state index contributed by atoms with van der Waals surface area (Å²) in [5.41, 5.74) is 2.40. The lowest BCUT2D eigenvalue weighted by Crippen LogP contribution is -2.17. The monoisotopic (exact) mass is 334 g/mol. The third kappa shape index (κ3) is 4.84. The zero-order valence-corrected chi connectivity index (χ0v) is 15.9. The van der Waals surface area contributed by atoms with E-state index in [-0.39, 0.29) is 23.9 Å². The van der Waals surface area contributed by atoms with Crippen LogP contribution in [0.1, 0.15) is 64.7 Å². The molecule has 134 valence electrons. The average Bonchev–Trinajstić information content (AvgIpc) is 2.45. The Morgan fingerprint density at radius 3 is 1.88 bits per heavy atom. The third-order valence-electron chi connectivity index (χ3n) is 3.92. The van der Waals surface area contributed by atoms with E-state index in [0.717, 1.165) is 16.7 Å².